The van der Waals surface area contributed by atoms with E-state index in [9.17, 15) is 26.3 Å². The molecular weight excluding hydrogens is 424 g/mol. The highest BCUT2D eigenvalue weighted by molar-refractivity contribution is 7.07. The fourth-order valence-electron chi connectivity index (χ4n) is 3.06. The molecule has 3 aromatic rings. The third kappa shape index (κ3) is 4.40. The summed E-state index contributed by atoms with van der Waals surface area (Å²) in [6.07, 6.45) is -11.4. The largest absolute Gasteiger partial charge is 0.441 e. The molecule has 30 heavy (non-hydrogen) atoms. The average molecular weight is 439 g/mol. The summed E-state index contributed by atoms with van der Waals surface area (Å²) >= 11 is 0. The molecule has 0 aliphatic carbocycles. The molecule has 156 valence electrons. The molecule has 0 heterocycles. The van der Waals surface area contributed by atoms with Crippen LogP contribution in [0, 0.1) is 0 Å². The summed E-state index contributed by atoms with van der Waals surface area (Å²) in [5, 5.41) is 4.06. The number of halogens is 6. The number of hydrogen-bond donors (Lipinski definition) is 0. The number of oxime groups is 1. The van der Waals surface area contributed by atoms with E-state index < -0.39 is 26.4 Å². The van der Waals surface area contributed by atoms with Crippen LogP contribution in [0.5, 0.6) is 0 Å². The number of benzene rings is 3. The molecule has 2 nitrogen and oxygen atoms in total. The van der Waals surface area contributed by atoms with Crippen molar-refractivity contribution in [1.82, 2.24) is 0 Å². The first-order chi connectivity index (χ1) is 14.2. The van der Waals surface area contributed by atoms with Gasteiger partial charge in [-0.05, 0) is 15.6 Å². The summed E-state index contributed by atoms with van der Waals surface area (Å²) in [5.41, 5.74) is -2.94. The Morgan fingerprint density at radius 3 is 1.13 bits per heavy atom. The van der Waals surface area contributed by atoms with Crippen molar-refractivity contribution in [3.8, 4) is 0 Å². The van der Waals surface area contributed by atoms with Crippen molar-refractivity contribution in [3.05, 3.63) is 91.0 Å². The lowest BCUT2D eigenvalue weighted by Gasteiger charge is -2.30. The number of nitrogens with zero attached hydrogens (tertiary/aromatic N) is 1. The van der Waals surface area contributed by atoms with Crippen molar-refractivity contribution in [3.63, 3.8) is 0 Å². The fourth-order valence-corrected chi connectivity index (χ4v) is 6.59. The Balaban J connectivity index is 2.31. The van der Waals surface area contributed by atoms with Gasteiger partial charge in [-0.1, -0.05) is 96.2 Å². The van der Waals surface area contributed by atoms with Crippen molar-refractivity contribution < 1.29 is 30.9 Å². The highest BCUT2D eigenvalue weighted by Gasteiger charge is 2.55. The van der Waals surface area contributed by atoms with Crippen molar-refractivity contribution in [2.75, 3.05) is 0 Å². The first-order valence-corrected chi connectivity index (χ1v) is 10.6. The maximum Gasteiger partial charge on any atom is 0.441 e. The molecule has 0 unspecified atom stereocenters. The molecule has 0 amide bonds. The summed E-state index contributed by atoms with van der Waals surface area (Å²) in [5.74, 6) is 0. The van der Waals surface area contributed by atoms with E-state index in [-0.39, 0.29) is 0 Å². The lowest BCUT2D eigenvalue weighted by Crippen LogP contribution is -2.68. The molecule has 3 rings (SSSR count). The van der Waals surface area contributed by atoms with E-state index in [1.54, 1.807) is 91.0 Å². The Morgan fingerprint density at radius 1 is 0.567 bits per heavy atom. The molecular formula is C21H15F6NOSi. The van der Waals surface area contributed by atoms with Crippen LogP contribution in [0.25, 0.3) is 0 Å². The van der Waals surface area contributed by atoms with E-state index >= 15 is 0 Å². The molecule has 3 aromatic carbocycles. The van der Waals surface area contributed by atoms with E-state index in [2.05, 4.69) is 5.16 Å². The van der Waals surface area contributed by atoms with E-state index in [1.807, 2.05) is 0 Å². The molecule has 0 aliphatic heterocycles. The van der Waals surface area contributed by atoms with Gasteiger partial charge in [0.25, 0.3) is 5.71 Å². The van der Waals surface area contributed by atoms with Crippen LogP contribution in [0.3, 0.4) is 0 Å². The Hall–Kier alpha value is -3.07. The predicted molar refractivity (Wildman–Crippen MR) is 105 cm³/mol. The highest BCUT2D eigenvalue weighted by Crippen LogP contribution is 2.30. The van der Waals surface area contributed by atoms with Crippen LogP contribution >= 0.6 is 0 Å². The van der Waals surface area contributed by atoms with E-state index in [4.69, 9.17) is 4.53 Å². The number of alkyl halides is 6. The molecule has 0 aromatic heterocycles. The Bertz CT molecular complexity index is 876. The summed E-state index contributed by atoms with van der Waals surface area (Å²) in [7, 11) is -3.83. The highest BCUT2D eigenvalue weighted by atomic mass is 28.4. The van der Waals surface area contributed by atoms with Gasteiger partial charge >= 0.3 is 20.7 Å². The van der Waals surface area contributed by atoms with Crippen LogP contribution in [0.4, 0.5) is 26.3 Å². The van der Waals surface area contributed by atoms with E-state index in [0.29, 0.717) is 15.6 Å². The molecule has 0 aliphatic rings. The van der Waals surface area contributed by atoms with Crippen LogP contribution < -0.4 is 15.6 Å². The molecule has 0 atom stereocenters. The van der Waals surface area contributed by atoms with Crippen LogP contribution in [-0.2, 0) is 4.53 Å². The SMILES string of the molecule is FC(F)(F)C(=NO[Si](c1ccccc1)(c1ccccc1)c1ccccc1)C(F)(F)F. The predicted octanol–water partition coefficient (Wildman–Crippen LogP) is 4.15. The maximum absolute atomic E-state index is 13.1. The summed E-state index contributed by atoms with van der Waals surface area (Å²) in [6, 6.07) is 24.6. The quantitative estimate of drug-likeness (QED) is 0.192. The van der Waals surface area contributed by atoms with Crippen molar-refractivity contribution in [1.29, 1.82) is 0 Å². The second-order valence-electron chi connectivity index (χ2n) is 6.31. The van der Waals surface area contributed by atoms with Crippen LogP contribution in [-0.4, -0.2) is 26.4 Å². The molecule has 0 saturated carbocycles. The fraction of sp³-hybridized carbons (Fsp3) is 0.0952. The monoisotopic (exact) mass is 439 g/mol. The zero-order valence-corrected chi connectivity index (χ0v) is 16.3. The van der Waals surface area contributed by atoms with Gasteiger partial charge in [0.15, 0.2) is 0 Å². The Labute approximate surface area is 169 Å². The molecule has 0 fully saturated rings. The smallest absolute Gasteiger partial charge is 0.437 e. The van der Waals surface area contributed by atoms with Crippen molar-refractivity contribution >= 4 is 29.6 Å². The summed E-state index contributed by atoms with van der Waals surface area (Å²) < 4.78 is 83.9. The summed E-state index contributed by atoms with van der Waals surface area (Å²) in [4.78, 5) is 0. The first-order valence-electron chi connectivity index (χ1n) is 8.73. The topological polar surface area (TPSA) is 21.6 Å². The Kier molecular flexibility index (Phi) is 6.02. The molecule has 0 saturated heterocycles. The second kappa shape index (κ2) is 8.35. The van der Waals surface area contributed by atoms with Gasteiger partial charge in [0, 0.05) is 0 Å². The third-order valence-corrected chi connectivity index (χ3v) is 8.16. The van der Waals surface area contributed by atoms with Crippen LogP contribution in [0.15, 0.2) is 96.2 Å². The van der Waals surface area contributed by atoms with Crippen molar-refractivity contribution in [2.45, 2.75) is 12.4 Å². The number of hydrogen-bond acceptors (Lipinski definition) is 2. The maximum atomic E-state index is 13.1. The minimum Gasteiger partial charge on any atom is -0.437 e. The van der Waals surface area contributed by atoms with Gasteiger partial charge in [-0.2, -0.15) is 26.3 Å². The lowest BCUT2D eigenvalue weighted by molar-refractivity contribution is -0.120. The van der Waals surface area contributed by atoms with Gasteiger partial charge in [-0.3, -0.25) is 0 Å². The van der Waals surface area contributed by atoms with Gasteiger partial charge in [0.05, 0.1) is 0 Å². The minimum absolute atomic E-state index is 0.454. The van der Waals surface area contributed by atoms with Gasteiger partial charge in [-0.15, -0.1) is 0 Å². The zero-order chi connectivity index (χ0) is 21.8. The molecule has 9 heteroatoms. The van der Waals surface area contributed by atoms with E-state index in [1.165, 1.54) is 0 Å². The molecule has 0 N–H and O–H groups in total. The van der Waals surface area contributed by atoms with Crippen LogP contribution in [0.2, 0.25) is 0 Å². The third-order valence-electron chi connectivity index (χ3n) is 4.35. The van der Waals surface area contributed by atoms with Gasteiger partial charge < -0.3 is 4.53 Å². The van der Waals surface area contributed by atoms with Crippen molar-refractivity contribution in [2.24, 2.45) is 5.16 Å². The standard InChI is InChI=1S/C21H15F6NOSi/c22-20(23,24)19(21(25,26)27)28-29-30(16-10-4-1-5-11-16,17-12-6-2-7-13-17)18-14-8-3-9-15-18/h1-15H. The first kappa shape index (κ1) is 21.6. The second-order valence-corrected chi connectivity index (χ2v) is 9.58. The normalized spacial score (nSPS) is 12.3. The lowest BCUT2D eigenvalue weighted by atomic mass is 10.3. The zero-order valence-electron chi connectivity index (χ0n) is 15.3. The van der Waals surface area contributed by atoms with Gasteiger partial charge in [0.2, 0.25) is 0 Å². The molecule has 0 radical (unpaired) electrons. The van der Waals surface area contributed by atoms with Gasteiger partial charge in [-0.25, -0.2) is 0 Å². The van der Waals surface area contributed by atoms with Gasteiger partial charge in [0.1, 0.15) is 0 Å². The minimum atomic E-state index is -5.72. The number of rotatable bonds is 5. The molecule has 0 spiro atoms. The average Bonchev–Trinajstić information content (AvgIpc) is 2.71. The summed E-state index contributed by atoms with van der Waals surface area (Å²) in [6.45, 7) is 0. The van der Waals surface area contributed by atoms with E-state index in [0.717, 1.165) is 0 Å². The molecule has 0 bridgehead atoms. The Morgan fingerprint density at radius 2 is 0.867 bits per heavy atom. The van der Waals surface area contributed by atoms with Crippen LogP contribution in [0.1, 0.15) is 0 Å².